The van der Waals surface area contributed by atoms with E-state index < -0.39 is 30.1 Å². The Morgan fingerprint density at radius 3 is 2.26 bits per heavy atom. The van der Waals surface area contributed by atoms with E-state index in [-0.39, 0.29) is 31.8 Å². The zero-order chi connectivity index (χ0) is 24.9. The van der Waals surface area contributed by atoms with Crippen LogP contribution in [-0.4, -0.2) is 70.4 Å². The van der Waals surface area contributed by atoms with E-state index in [0.29, 0.717) is 25.1 Å². The summed E-state index contributed by atoms with van der Waals surface area (Å²) in [6.07, 6.45) is -15.6. The van der Waals surface area contributed by atoms with Crippen LogP contribution in [-0.2, 0) is 4.74 Å². The number of aryl methyl sites for hydroxylation is 1. The Kier molecular flexibility index (Phi) is 5.97. The molecule has 186 valence electrons. The lowest BCUT2D eigenvalue weighted by atomic mass is 9.85. The van der Waals surface area contributed by atoms with Crippen LogP contribution in [0.1, 0.15) is 41.7 Å². The van der Waals surface area contributed by atoms with Gasteiger partial charge in [-0.05, 0) is 50.8 Å². The molecule has 6 nitrogen and oxygen atoms in total. The van der Waals surface area contributed by atoms with Gasteiger partial charge in [-0.15, -0.1) is 0 Å². The molecule has 0 bridgehead atoms. The fourth-order valence-electron chi connectivity index (χ4n) is 4.89. The van der Waals surface area contributed by atoms with Gasteiger partial charge in [0.2, 0.25) is 0 Å². The summed E-state index contributed by atoms with van der Waals surface area (Å²) in [4.78, 5) is 31.0. The number of alkyl halides is 6. The molecule has 1 aromatic carbocycles. The van der Waals surface area contributed by atoms with Gasteiger partial charge >= 0.3 is 18.4 Å². The lowest BCUT2D eigenvalue weighted by molar-refractivity contribution is -0.308. The van der Waals surface area contributed by atoms with Crippen LogP contribution in [0.15, 0.2) is 24.3 Å². The molecule has 4 rings (SSSR count). The van der Waals surface area contributed by atoms with Crippen LogP contribution < -0.4 is 0 Å². The van der Waals surface area contributed by atoms with Gasteiger partial charge in [0.15, 0.2) is 0 Å². The second-order valence-corrected chi connectivity index (χ2v) is 8.89. The third-order valence-electron chi connectivity index (χ3n) is 6.61. The predicted octanol–water partition coefficient (Wildman–Crippen LogP) is 5.18. The fraction of sp³-hybridized carbons (Fsp3) is 0.545. The molecule has 0 atom stereocenters. The molecular formula is C22H23F6N3O3. The average Bonchev–Trinajstić information content (AvgIpc) is 3.34. The van der Waals surface area contributed by atoms with Gasteiger partial charge in [-0.3, -0.25) is 4.79 Å². The molecule has 1 aromatic heterocycles. The minimum atomic E-state index is -5.77. The molecule has 2 saturated heterocycles. The number of hydrogen-bond donors (Lipinski definition) is 1. The number of nitrogens with zero attached hydrogens (tertiary/aromatic N) is 2. The van der Waals surface area contributed by atoms with Crippen LogP contribution in [0.4, 0.5) is 31.1 Å². The zero-order valence-electron chi connectivity index (χ0n) is 18.2. The van der Waals surface area contributed by atoms with E-state index in [2.05, 4.69) is 9.72 Å². The molecular weight excluding hydrogens is 468 g/mol. The standard InChI is InChI=1S/C22H23F6N3O3/c1-13-3-4-15-14(11-13)12-16(29-15)17(32)31-8-2-5-20(31)6-9-30(10-7-20)19(33)34-18(21(23,24)25)22(26,27)28/h3-4,11-12,18,29H,2,5-10H2,1H3. The number of nitrogens with one attached hydrogen (secondary N) is 1. The quantitative estimate of drug-likeness (QED) is 0.589. The first-order chi connectivity index (χ1) is 15.8. The van der Waals surface area contributed by atoms with Gasteiger partial charge in [0.25, 0.3) is 12.0 Å². The van der Waals surface area contributed by atoms with E-state index in [1.165, 1.54) is 0 Å². The van der Waals surface area contributed by atoms with Crippen molar-refractivity contribution in [3.05, 3.63) is 35.5 Å². The molecule has 2 fully saturated rings. The van der Waals surface area contributed by atoms with Crippen molar-refractivity contribution in [3.8, 4) is 0 Å². The molecule has 2 amide bonds. The van der Waals surface area contributed by atoms with Crippen LogP contribution in [0.25, 0.3) is 10.9 Å². The van der Waals surface area contributed by atoms with E-state index in [4.69, 9.17) is 0 Å². The van der Waals surface area contributed by atoms with Crippen LogP contribution in [0, 0.1) is 6.92 Å². The predicted molar refractivity (Wildman–Crippen MR) is 109 cm³/mol. The van der Waals surface area contributed by atoms with Crippen molar-refractivity contribution in [3.63, 3.8) is 0 Å². The first-order valence-electron chi connectivity index (χ1n) is 10.8. The van der Waals surface area contributed by atoms with Crippen molar-refractivity contribution >= 4 is 22.9 Å². The van der Waals surface area contributed by atoms with E-state index in [1.54, 1.807) is 11.0 Å². The van der Waals surface area contributed by atoms with Crippen molar-refractivity contribution in [1.29, 1.82) is 0 Å². The molecule has 34 heavy (non-hydrogen) atoms. The minimum Gasteiger partial charge on any atom is -0.426 e. The largest absolute Gasteiger partial charge is 0.434 e. The number of piperidine rings is 1. The lowest BCUT2D eigenvalue weighted by Crippen LogP contribution is -2.56. The fourth-order valence-corrected chi connectivity index (χ4v) is 4.89. The summed E-state index contributed by atoms with van der Waals surface area (Å²) in [6.45, 7) is 2.18. The molecule has 0 radical (unpaired) electrons. The van der Waals surface area contributed by atoms with Crippen LogP contribution in [0.5, 0.6) is 0 Å². The van der Waals surface area contributed by atoms with E-state index in [1.807, 2.05) is 25.1 Å². The molecule has 0 aliphatic carbocycles. The number of carbonyl (C=O) groups excluding carboxylic acids is 2. The molecule has 1 spiro atoms. The molecule has 1 N–H and O–H groups in total. The SMILES string of the molecule is Cc1ccc2[nH]c(C(=O)N3CCCC34CCN(C(=O)OC(C(F)(F)F)C(F)(F)F)CC4)cc2c1. The number of hydrogen-bond acceptors (Lipinski definition) is 3. The van der Waals surface area contributed by atoms with Crippen LogP contribution in [0.3, 0.4) is 0 Å². The number of fused-ring (bicyclic) bond motifs is 1. The summed E-state index contributed by atoms with van der Waals surface area (Å²) in [6, 6.07) is 7.50. The number of H-pyrrole nitrogens is 1. The first kappa shape index (κ1) is 24.2. The van der Waals surface area contributed by atoms with E-state index in [0.717, 1.165) is 21.4 Å². The average molecular weight is 491 g/mol. The number of aromatic nitrogens is 1. The second kappa shape index (κ2) is 8.38. The van der Waals surface area contributed by atoms with E-state index >= 15 is 0 Å². The van der Waals surface area contributed by atoms with E-state index in [9.17, 15) is 35.9 Å². The van der Waals surface area contributed by atoms with Gasteiger partial charge in [0.1, 0.15) is 5.69 Å². The normalized spacial score (nSPS) is 18.8. The third-order valence-corrected chi connectivity index (χ3v) is 6.61. The highest BCUT2D eigenvalue weighted by molar-refractivity contribution is 5.98. The number of ether oxygens (including phenoxy) is 1. The summed E-state index contributed by atoms with van der Waals surface area (Å²) in [7, 11) is 0. The maximum atomic E-state index is 13.3. The monoisotopic (exact) mass is 491 g/mol. The van der Waals surface area contributed by atoms with Crippen LogP contribution in [0.2, 0.25) is 0 Å². The summed E-state index contributed by atoms with van der Waals surface area (Å²) >= 11 is 0. The third kappa shape index (κ3) is 4.54. The Morgan fingerprint density at radius 2 is 1.65 bits per heavy atom. The molecule has 0 unspecified atom stereocenters. The summed E-state index contributed by atoms with van der Waals surface area (Å²) in [5, 5.41) is 0.887. The van der Waals surface area contributed by atoms with Crippen molar-refractivity contribution in [2.24, 2.45) is 0 Å². The Labute approximate surface area is 190 Å². The molecule has 12 heteroatoms. The molecule has 3 heterocycles. The second-order valence-electron chi connectivity index (χ2n) is 8.89. The van der Waals surface area contributed by atoms with Crippen molar-refractivity contribution in [2.45, 2.75) is 56.6 Å². The molecule has 0 saturated carbocycles. The summed E-state index contributed by atoms with van der Waals surface area (Å²) in [5.74, 6) is -0.225. The van der Waals surface area contributed by atoms with Crippen molar-refractivity contribution < 1.29 is 40.7 Å². The van der Waals surface area contributed by atoms with Gasteiger partial charge in [-0.1, -0.05) is 11.6 Å². The Morgan fingerprint density at radius 1 is 1.00 bits per heavy atom. The number of likely N-dealkylation sites (tertiary alicyclic amines) is 2. The summed E-state index contributed by atoms with van der Waals surface area (Å²) < 4.78 is 80.1. The smallest absolute Gasteiger partial charge is 0.426 e. The number of carbonyl (C=O) groups is 2. The molecule has 2 aromatic rings. The molecule has 2 aliphatic heterocycles. The highest BCUT2D eigenvalue weighted by atomic mass is 19.4. The number of benzene rings is 1. The molecule has 2 aliphatic rings. The Bertz CT molecular complexity index is 1070. The lowest BCUT2D eigenvalue weighted by Gasteiger charge is -2.44. The van der Waals surface area contributed by atoms with Gasteiger partial charge < -0.3 is 19.5 Å². The minimum absolute atomic E-state index is 0.114. The Hall–Kier alpha value is -2.92. The van der Waals surface area contributed by atoms with Crippen LogP contribution >= 0.6 is 0 Å². The number of amides is 2. The number of rotatable bonds is 2. The van der Waals surface area contributed by atoms with Gasteiger partial charge in [-0.25, -0.2) is 4.79 Å². The Balaban J connectivity index is 1.45. The van der Waals surface area contributed by atoms with Crippen molar-refractivity contribution in [2.75, 3.05) is 19.6 Å². The maximum absolute atomic E-state index is 13.3. The van der Waals surface area contributed by atoms with Crippen molar-refractivity contribution in [1.82, 2.24) is 14.8 Å². The first-order valence-corrected chi connectivity index (χ1v) is 10.8. The maximum Gasteiger partial charge on any atom is 0.434 e. The topological polar surface area (TPSA) is 65.6 Å². The number of aromatic amines is 1. The highest BCUT2D eigenvalue weighted by Gasteiger charge is 2.60. The van der Waals surface area contributed by atoms with Gasteiger partial charge in [0, 0.05) is 36.1 Å². The number of halogens is 6. The highest BCUT2D eigenvalue weighted by Crippen LogP contribution is 2.41. The zero-order valence-corrected chi connectivity index (χ0v) is 18.2. The summed E-state index contributed by atoms with van der Waals surface area (Å²) in [5.41, 5.74) is 1.64. The van der Waals surface area contributed by atoms with Gasteiger partial charge in [0.05, 0.1) is 0 Å². The van der Waals surface area contributed by atoms with Gasteiger partial charge in [-0.2, -0.15) is 26.3 Å².